The number of rotatable bonds is 3. The van der Waals surface area contributed by atoms with E-state index >= 15 is 0 Å². The van der Waals surface area contributed by atoms with E-state index in [4.69, 9.17) is 0 Å². The van der Waals surface area contributed by atoms with E-state index in [1.807, 2.05) is 0 Å². The molecule has 3 nitrogen and oxygen atoms in total. The predicted molar refractivity (Wildman–Crippen MR) is 38.7 cm³/mol. The fraction of sp³-hybridized carbons (Fsp3) is 0.750. The zero-order valence-electron chi connectivity index (χ0n) is 5.23. The Morgan fingerprint density at radius 2 is 2.11 bits per heavy atom. The van der Waals surface area contributed by atoms with Crippen molar-refractivity contribution in [3.63, 3.8) is 0 Å². The molecule has 0 bridgehead atoms. The Kier molecular flexibility index (Phi) is 3.53. The van der Waals surface area contributed by atoms with E-state index in [9.17, 15) is 8.42 Å². The van der Waals surface area contributed by atoms with Crippen molar-refractivity contribution in [1.82, 2.24) is 0 Å². The molecule has 0 spiro atoms. The molecule has 0 rings (SSSR count). The van der Waals surface area contributed by atoms with Crippen LogP contribution in [0.4, 0.5) is 0 Å². The van der Waals surface area contributed by atoms with Gasteiger partial charge in [-0.25, -0.2) is 0 Å². The minimum Gasteiger partial charge on any atom is -0.266 e. The van der Waals surface area contributed by atoms with Crippen molar-refractivity contribution >= 4 is 22.7 Å². The van der Waals surface area contributed by atoms with E-state index in [2.05, 4.69) is 16.8 Å². The Bertz CT molecular complexity index is 161. The molecule has 0 N–H and O–H groups in total. The maximum Gasteiger partial charge on any atom is 0.264 e. The van der Waals surface area contributed by atoms with Gasteiger partial charge < -0.3 is 0 Å². The zero-order valence-corrected chi connectivity index (χ0v) is 6.95. The Morgan fingerprint density at radius 3 is 2.22 bits per heavy atom. The summed E-state index contributed by atoms with van der Waals surface area (Å²) in [5, 5.41) is 0. The third kappa shape index (κ3) is 6.14. The molecule has 5 heteroatoms. The molecular weight excluding hydrogens is 160 g/mol. The van der Waals surface area contributed by atoms with Crippen LogP contribution in [0, 0.1) is 5.75 Å². The molecule has 0 saturated carbocycles. The monoisotopic (exact) mass is 169 g/mol. The minimum absolute atomic E-state index is 0.455. The highest BCUT2D eigenvalue weighted by atomic mass is 32.2. The average molecular weight is 169 g/mol. The fourth-order valence-electron chi connectivity index (χ4n) is 0.301. The van der Waals surface area contributed by atoms with Crippen LogP contribution in [0.25, 0.3) is 0 Å². The largest absolute Gasteiger partial charge is 0.266 e. The molecule has 0 aliphatic heterocycles. The summed E-state index contributed by atoms with van der Waals surface area (Å²) in [6.45, 7) is 1.59. The Hall–Kier alpha value is 0.260. The third-order valence-corrected chi connectivity index (χ3v) is 1.61. The summed E-state index contributed by atoms with van der Waals surface area (Å²) in [6.07, 6.45) is 0.546. The molecule has 9 heavy (non-hydrogen) atoms. The highest BCUT2D eigenvalue weighted by molar-refractivity contribution is 7.86. The van der Waals surface area contributed by atoms with E-state index in [1.165, 1.54) is 5.75 Å². The van der Waals surface area contributed by atoms with E-state index in [-0.39, 0.29) is 0 Å². The molecule has 0 aromatic rings. The van der Waals surface area contributed by atoms with Gasteiger partial charge in [0.15, 0.2) is 0 Å². The van der Waals surface area contributed by atoms with Crippen molar-refractivity contribution < 1.29 is 12.6 Å². The summed E-state index contributed by atoms with van der Waals surface area (Å²) < 4.78 is 25.1. The van der Waals surface area contributed by atoms with Crippen LogP contribution in [0.2, 0.25) is 0 Å². The van der Waals surface area contributed by atoms with Gasteiger partial charge in [-0.1, -0.05) is 0 Å². The summed E-state index contributed by atoms with van der Waals surface area (Å²) in [5.41, 5.74) is 0. The lowest BCUT2D eigenvalue weighted by molar-refractivity contribution is 0.272. The Morgan fingerprint density at radius 1 is 1.67 bits per heavy atom. The molecule has 0 aliphatic carbocycles. The van der Waals surface area contributed by atoms with Gasteiger partial charge in [0.2, 0.25) is 0 Å². The predicted octanol–water partition coefficient (Wildman–Crippen LogP) is 0.443. The first-order valence-corrected chi connectivity index (χ1v) is 4.65. The first kappa shape index (κ1) is 9.26. The van der Waals surface area contributed by atoms with Gasteiger partial charge >= 0.3 is 0 Å². The Balaban J connectivity index is 3.75. The van der Waals surface area contributed by atoms with Crippen LogP contribution in [-0.2, 0) is 14.3 Å². The van der Waals surface area contributed by atoms with Crippen LogP contribution in [0.3, 0.4) is 0 Å². The topological polar surface area (TPSA) is 43.4 Å². The molecule has 0 aromatic heterocycles. The van der Waals surface area contributed by atoms with Crippen LogP contribution in [-0.4, -0.2) is 20.8 Å². The first-order chi connectivity index (χ1) is 3.95. The summed E-state index contributed by atoms with van der Waals surface area (Å²) >= 11 is 3.71. The summed E-state index contributed by atoms with van der Waals surface area (Å²) in [4.78, 5) is 0. The second kappa shape index (κ2) is 3.43. The van der Waals surface area contributed by atoms with E-state index < -0.39 is 16.2 Å². The Labute approximate surface area is 60.9 Å². The van der Waals surface area contributed by atoms with Crippen LogP contribution < -0.4 is 0 Å². The molecule has 1 radical (unpaired) electrons. The summed E-state index contributed by atoms with van der Waals surface area (Å²) in [6, 6.07) is 0. The van der Waals surface area contributed by atoms with Crippen molar-refractivity contribution in [2.24, 2.45) is 0 Å². The molecule has 0 saturated heterocycles. The van der Waals surface area contributed by atoms with Crippen LogP contribution >= 0.6 is 12.6 Å². The number of hydrogen-bond donors (Lipinski definition) is 1. The molecule has 0 aliphatic rings. The average Bonchev–Trinajstić information content (AvgIpc) is 1.62. The fourth-order valence-corrected chi connectivity index (χ4v) is 1.05. The molecule has 0 fully saturated rings. The van der Waals surface area contributed by atoms with Crippen LogP contribution in [0.15, 0.2) is 0 Å². The first-order valence-electron chi connectivity index (χ1n) is 2.31. The van der Waals surface area contributed by atoms with Gasteiger partial charge in [0.25, 0.3) is 10.1 Å². The highest BCUT2D eigenvalue weighted by Crippen LogP contribution is 2.01. The molecule has 1 unspecified atom stereocenters. The van der Waals surface area contributed by atoms with Crippen molar-refractivity contribution in [2.75, 3.05) is 6.26 Å². The molecule has 1 atom stereocenters. The second-order valence-corrected chi connectivity index (χ2v) is 3.55. The van der Waals surface area contributed by atoms with Gasteiger partial charge in [0.1, 0.15) is 0 Å². The zero-order chi connectivity index (χ0) is 7.49. The van der Waals surface area contributed by atoms with Gasteiger partial charge in [-0.2, -0.15) is 21.0 Å². The maximum absolute atomic E-state index is 10.3. The quantitative estimate of drug-likeness (QED) is 0.492. The van der Waals surface area contributed by atoms with Gasteiger partial charge in [-0.05, 0) is 6.92 Å². The smallest absolute Gasteiger partial charge is 0.264 e. The lowest BCUT2D eigenvalue weighted by Gasteiger charge is -2.04. The SMILES string of the molecule is CC([CH]S)OS(C)(=O)=O. The minimum atomic E-state index is -3.32. The molecule has 0 amide bonds. The lowest BCUT2D eigenvalue weighted by atomic mass is 10.5. The van der Waals surface area contributed by atoms with Crippen molar-refractivity contribution in [2.45, 2.75) is 13.0 Å². The van der Waals surface area contributed by atoms with Crippen molar-refractivity contribution in [1.29, 1.82) is 0 Å². The highest BCUT2D eigenvalue weighted by Gasteiger charge is 2.07. The van der Waals surface area contributed by atoms with E-state index in [0.717, 1.165) is 6.26 Å². The third-order valence-electron chi connectivity index (χ3n) is 0.537. The van der Waals surface area contributed by atoms with E-state index in [1.54, 1.807) is 6.92 Å². The normalized spacial score (nSPS) is 15.4. The van der Waals surface area contributed by atoms with Gasteiger partial charge in [0, 0.05) is 5.75 Å². The second-order valence-electron chi connectivity index (χ2n) is 1.65. The van der Waals surface area contributed by atoms with Crippen molar-refractivity contribution in [3.05, 3.63) is 5.75 Å². The van der Waals surface area contributed by atoms with Gasteiger partial charge in [-0.3, -0.25) is 4.18 Å². The lowest BCUT2D eigenvalue weighted by Crippen LogP contribution is -2.12. The molecular formula is C4H9O3S2. The van der Waals surface area contributed by atoms with Crippen LogP contribution in [0.5, 0.6) is 0 Å². The number of hydrogen-bond acceptors (Lipinski definition) is 4. The molecule has 0 aromatic carbocycles. The summed E-state index contributed by atoms with van der Waals surface area (Å²) in [7, 11) is -3.32. The maximum atomic E-state index is 10.3. The van der Waals surface area contributed by atoms with Crippen molar-refractivity contribution in [3.8, 4) is 0 Å². The molecule has 0 heterocycles. The standard InChI is InChI=1S/C4H9O3S2/c1-4(3-8)7-9(2,5)6/h3-4,8H,1-2H3. The van der Waals surface area contributed by atoms with E-state index in [0.29, 0.717) is 0 Å². The number of thiol groups is 1. The van der Waals surface area contributed by atoms with Gasteiger partial charge in [0.05, 0.1) is 12.4 Å². The summed E-state index contributed by atoms with van der Waals surface area (Å²) in [5.74, 6) is 1.36. The van der Waals surface area contributed by atoms with Gasteiger partial charge in [-0.15, -0.1) is 0 Å². The van der Waals surface area contributed by atoms with Crippen LogP contribution in [0.1, 0.15) is 6.92 Å². The molecule has 55 valence electrons.